The molecule has 0 radical (unpaired) electrons. The maximum Gasteiger partial charge on any atom is 0.262 e. The van der Waals surface area contributed by atoms with Gasteiger partial charge in [0, 0.05) is 55.3 Å². The smallest absolute Gasteiger partial charge is 0.262 e. The molecular formula is C32H34N6O4. The number of amides is 4. The highest BCUT2D eigenvalue weighted by Crippen LogP contribution is 2.36. The number of hydrogen-bond donors (Lipinski definition) is 1. The molecule has 0 saturated heterocycles. The monoisotopic (exact) mass is 566 g/mol. The van der Waals surface area contributed by atoms with E-state index in [2.05, 4.69) is 10.3 Å². The number of fused-ring (bicyclic) bond motifs is 2. The Kier molecular flexibility index (Phi) is 7.36. The second-order valence-corrected chi connectivity index (χ2v) is 11.2. The number of anilines is 1. The number of rotatable bonds is 9. The molecule has 216 valence electrons. The van der Waals surface area contributed by atoms with Crippen molar-refractivity contribution in [3.05, 3.63) is 84.6 Å². The van der Waals surface area contributed by atoms with Gasteiger partial charge in [0.15, 0.2) is 0 Å². The first-order valence-corrected chi connectivity index (χ1v) is 14.5. The Morgan fingerprint density at radius 2 is 1.71 bits per heavy atom. The van der Waals surface area contributed by atoms with Gasteiger partial charge in [-0.15, -0.1) is 0 Å². The molecule has 2 aromatic carbocycles. The molecule has 4 amide bonds. The maximum atomic E-state index is 14.2. The molecule has 0 bridgehead atoms. The van der Waals surface area contributed by atoms with Gasteiger partial charge >= 0.3 is 0 Å². The summed E-state index contributed by atoms with van der Waals surface area (Å²) in [6, 6.07) is 14.4. The molecule has 1 N–H and O–H groups in total. The van der Waals surface area contributed by atoms with E-state index in [1.165, 1.54) is 0 Å². The normalized spacial score (nSPS) is 16.1. The van der Waals surface area contributed by atoms with E-state index >= 15 is 0 Å². The van der Waals surface area contributed by atoms with Crippen LogP contribution in [0.2, 0.25) is 0 Å². The van der Waals surface area contributed by atoms with Gasteiger partial charge in [-0.2, -0.15) is 0 Å². The summed E-state index contributed by atoms with van der Waals surface area (Å²) in [7, 11) is 1.97. The molecule has 1 aliphatic carbocycles. The van der Waals surface area contributed by atoms with Crippen molar-refractivity contribution in [2.75, 3.05) is 18.4 Å². The zero-order valence-corrected chi connectivity index (χ0v) is 23.7. The van der Waals surface area contributed by atoms with Crippen molar-refractivity contribution in [3.8, 4) is 0 Å². The van der Waals surface area contributed by atoms with Gasteiger partial charge < -0.3 is 19.4 Å². The van der Waals surface area contributed by atoms with Gasteiger partial charge in [0.2, 0.25) is 11.8 Å². The molecule has 1 aliphatic heterocycles. The molecule has 2 aromatic heterocycles. The Morgan fingerprint density at radius 3 is 2.40 bits per heavy atom. The van der Waals surface area contributed by atoms with Gasteiger partial charge in [-0.1, -0.05) is 31.4 Å². The Morgan fingerprint density at radius 1 is 0.976 bits per heavy atom. The molecule has 42 heavy (non-hydrogen) atoms. The van der Waals surface area contributed by atoms with Crippen molar-refractivity contribution in [2.24, 2.45) is 7.05 Å². The quantitative estimate of drug-likeness (QED) is 0.305. The van der Waals surface area contributed by atoms with E-state index < -0.39 is 29.8 Å². The summed E-state index contributed by atoms with van der Waals surface area (Å²) in [5, 5.41) is 4.12. The summed E-state index contributed by atoms with van der Waals surface area (Å²) in [5.41, 5.74) is 1.20. The third kappa shape index (κ3) is 4.97. The van der Waals surface area contributed by atoms with E-state index in [4.69, 9.17) is 0 Å². The minimum atomic E-state index is -1.10. The predicted molar refractivity (Wildman–Crippen MR) is 158 cm³/mol. The van der Waals surface area contributed by atoms with Crippen molar-refractivity contribution in [1.82, 2.24) is 23.9 Å². The Hall–Kier alpha value is -4.73. The highest BCUT2D eigenvalue weighted by molar-refractivity contribution is 6.22. The minimum absolute atomic E-state index is 0.240. The topological polar surface area (TPSA) is 110 Å². The molecule has 10 heteroatoms. The van der Waals surface area contributed by atoms with Gasteiger partial charge in [-0.3, -0.25) is 24.1 Å². The van der Waals surface area contributed by atoms with Gasteiger partial charge in [-0.25, -0.2) is 4.98 Å². The number of nitrogens with zero attached hydrogens (tertiary/aromatic N) is 5. The maximum absolute atomic E-state index is 14.2. The molecule has 0 atom stereocenters. The summed E-state index contributed by atoms with van der Waals surface area (Å²) in [6.07, 6.45) is 11.4. The fraction of sp³-hybridized carbons (Fsp3) is 0.344. The van der Waals surface area contributed by atoms with Crippen LogP contribution in [0, 0.1) is 0 Å². The molecular weight excluding hydrogens is 532 g/mol. The van der Waals surface area contributed by atoms with Crippen LogP contribution in [-0.2, 0) is 23.2 Å². The van der Waals surface area contributed by atoms with Crippen LogP contribution in [0.15, 0.2) is 73.4 Å². The molecule has 0 unspecified atom stereocenters. The number of nitrogens with one attached hydrogen (secondary N) is 1. The summed E-state index contributed by atoms with van der Waals surface area (Å²) >= 11 is 0. The van der Waals surface area contributed by atoms with Gasteiger partial charge in [0.05, 0.1) is 17.5 Å². The Labute approximate surface area is 243 Å². The zero-order valence-electron chi connectivity index (χ0n) is 23.7. The lowest BCUT2D eigenvalue weighted by Gasteiger charge is -2.45. The van der Waals surface area contributed by atoms with Gasteiger partial charge in [-0.05, 0) is 55.7 Å². The van der Waals surface area contributed by atoms with Crippen LogP contribution in [0.3, 0.4) is 0 Å². The molecule has 1 fully saturated rings. The van der Waals surface area contributed by atoms with Crippen LogP contribution in [0.1, 0.15) is 59.2 Å². The number of aromatic nitrogens is 3. The summed E-state index contributed by atoms with van der Waals surface area (Å²) in [5.74, 6) is -1.62. The number of carbonyl (C=O) groups is 4. The third-order valence-corrected chi connectivity index (χ3v) is 8.59. The fourth-order valence-electron chi connectivity index (χ4n) is 6.37. The lowest BCUT2D eigenvalue weighted by Crippen LogP contribution is -2.62. The molecule has 10 nitrogen and oxygen atoms in total. The average Bonchev–Trinajstić information content (AvgIpc) is 3.72. The average molecular weight is 567 g/mol. The molecule has 6 rings (SSSR count). The first-order chi connectivity index (χ1) is 20.4. The Bertz CT molecular complexity index is 1620. The SMILES string of the molecule is Cn1ccc2cc(NC(=O)C3(N(CCCn4ccnc4)C(=O)CN4C(=O)c5ccccc5C4=O)CCCCC3)ccc21. The van der Waals surface area contributed by atoms with E-state index in [9.17, 15) is 19.2 Å². The van der Waals surface area contributed by atoms with Crippen molar-refractivity contribution in [1.29, 1.82) is 0 Å². The van der Waals surface area contributed by atoms with Crippen molar-refractivity contribution < 1.29 is 19.2 Å². The number of aryl methyl sites for hydroxylation is 2. The number of imidazole rings is 1. The third-order valence-electron chi connectivity index (χ3n) is 8.59. The summed E-state index contributed by atoms with van der Waals surface area (Å²) < 4.78 is 3.94. The van der Waals surface area contributed by atoms with Crippen molar-refractivity contribution >= 4 is 40.2 Å². The van der Waals surface area contributed by atoms with Gasteiger partial charge in [0.25, 0.3) is 11.8 Å². The molecule has 3 heterocycles. The Balaban J connectivity index is 1.29. The van der Waals surface area contributed by atoms with E-state index in [1.54, 1.807) is 41.7 Å². The largest absolute Gasteiger partial charge is 0.351 e. The highest BCUT2D eigenvalue weighted by atomic mass is 16.2. The second-order valence-electron chi connectivity index (χ2n) is 11.2. The van der Waals surface area contributed by atoms with E-state index in [0.29, 0.717) is 49.2 Å². The van der Waals surface area contributed by atoms with Crippen LogP contribution in [0.25, 0.3) is 10.9 Å². The van der Waals surface area contributed by atoms with Crippen LogP contribution >= 0.6 is 0 Å². The van der Waals surface area contributed by atoms with Crippen LogP contribution in [0.4, 0.5) is 5.69 Å². The number of imide groups is 1. The standard InChI is InChI=1S/C32H34N6O4/c1-35-18-12-23-20-24(10-11-27(23)35)34-31(42)32(13-5-2-6-14-32)38(17-7-16-36-19-15-33-22-36)28(39)21-37-29(40)25-8-3-4-9-26(25)30(37)41/h3-4,8-12,15,18-20,22H,2,5-7,13-14,16-17,21H2,1H3,(H,34,42). The summed E-state index contributed by atoms with van der Waals surface area (Å²) in [6.45, 7) is 0.493. The molecule has 0 spiro atoms. The number of benzene rings is 2. The lowest BCUT2D eigenvalue weighted by atomic mass is 9.79. The van der Waals surface area contributed by atoms with Crippen LogP contribution in [-0.4, -0.2) is 66.2 Å². The molecule has 2 aliphatic rings. The number of hydrogen-bond acceptors (Lipinski definition) is 5. The predicted octanol–water partition coefficient (Wildman–Crippen LogP) is 4.23. The second kappa shape index (κ2) is 11.3. The fourth-order valence-corrected chi connectivity index (χ4v) is 6.37. The molecule has 4 aromatic rings. The van der Waals surface area contributed by atoms with E-state index in [-0.39, 0.29) is 5.91 Å². The van der Waals surface area contributed by atoms with Crippen molar-refractivity contribution in [2.45, 2.75) is 50.6 Å². The zero-order chi connectivity index (χ0) is 29.3. The molecule has 1 saturated carbocycles. The van der Waals surface area contributed by atoms with Crippen LogP contribution in [0.5, 0.6) is 0 Å². The summed E-state index contributed by atoms with van der Waals surface area (Å²) in [4.78, 5) is 61.4. The van der Waals surface area contributed by atoms with Crippen LogP contribution < -0.4 is 5.32 Å². The number of carbonyl (C=O) groups excluding carboxylic acids is 4. The van der Waals surface area contributed by atoms with Crippen molar-refractivity contribution in [3.63, 3.8) is 0 Å². The highest BCUT2D eigenvalue weighted by Gasteiger charge is 2.48. The lowest BCUT2D eigenvalue weighted by molar-refractivity contribution is -0.148. The van der Waals surface area contributed by atoms with E-state index in [0.717, 1.165) is 35.1 Å². The minimum Gasteiger partial charge on any atom is -0.351 e. The van der Waals surface area contributed by atoms with E-state index in [1.807, 2.05) is 52.8 Å². The first kappa shape index (κ1) is 27.4. The van der Waals surface area contributed by atoms with Gasteiger partial charge in [0.1, 0.15) is 12.1 Å². The first-order valence-electron chi connectivity index (χ1n) is 14.5.